The number of carbonyl (C=O) groups is 3. The second-order valence-corrected chi connectivity index (χ2v) is 8.23. The molecular weight excluding hydrogens is 462 g/mol. The van der Waals surface area contributed by atoms with E-state index in [4.69, 9.17) is 16.4 Å². The number of hydrogen-bond acceptors (Lipinski definition) is 5. The highest BCUT2D eigenvalue weighted by molar-refractivity contribution is 6.31. The number of halogens is 3. The molecular formula is C20H21ClF2N6O4. The molecule has 4 rings (SSSR count). The van der Waals surface area contributed by atoms with Gasteiger partial charge in [0.15, 0.2) is 6.10 Å². The maximum atomic E-state index is 14.1. The number of nitrogens with one attached hydrogen (secondary N) is 2. The zero-order chi connectivity index (χ0) is 24.0. The van der Waals surface area contributed by atoms with Crippen LogP contribution in [0.4, 0.5) is 19.3 Å². The summed E-state index contributed by atoms with van der Waals surface area (Å²) in [6.07, 6.45) is -0.632. The van der Waals surface area contributed by atoms with E-state index < -0.39 is 35.6 Å². The molecule has 0 saturated heterocycles. The standard InChI is InChI=1S/C20H21ClF2N6O4/c1-9-4-14-10(7-28(9)20(32)25-15-5-11(21)12(22)6-13(15)23)17-19(31)27(3)33-16(18(30)24-2)8-29(17)26-14/h5-6,9,16H,4,7-8H2,1-3H3,(H,24,30)(H,25,32)/t9-,16+/m1/s1. The average Bonchev–Trinajstić information content (AvgIpc) is 3.05. The van der Waals surface area contributed by atoms with Gasteiger partial charge in [0.25, 0.3) is 11.8 Å². The summed E-state index contributed by atoms with van der Waals surface area (Å²) in [5.74, 6) is -2.83. The fourth-order valence-corrected chi connectivity index (χ4v) is 4.08. The second kappa shape index (κ2) is 8.60. The first-order valence-electron chi connectivity index (χ1n) is 10.1. The van der Waals surface area contributed by atoms with Crippen molar-refractivity contribution in [2.75, 3.05) is 19.4 Å². The summed E-state index contributed by atoms with van der Waals surface area (Å²) < 4.78 is 28.9. The van der Waals surface area contributed by atoms with E-state index in [0.29, 0.717) is 23.7 Å². The number of benzene rings is 1. The minimum atomic E-state index is -0.968. The van der Waals surface area contributed by atoms with Gasteiger partial charge in [0.05, 0.1) is 29.5 Å². The van der Waals surface area contributed by atoms with Crippen LogP contribution >= 0.6 is 11.6 Å². The molecule has 13 heteroatoms. The summed E-state index contributed by atoms with van der Waals surface area (Å²) in [4.78, 5) is 44.9. The third-order valence-corrected chi connectivity index (χ3v) is 5.94. The van der Waals surface area contributed by atoms with Crippen LogP contribution in [0, 0.1) is 11.6 Å². The molecule has 0 saturated carbocycles. The van der Waals surface area contributed by atoms with Crippen LogP contribution in [0.25, 0.3) is 0 Å². The van der Waals surface area contributed by atoms with Gasteiger partial charge in [-0.2, -0.15) is 5.10 Å². The van der Waals surface area contributed by atoms with Gasteiger partial charge in [-0.15, -0.1) is 0 Å². The highest BCUT2D eigenvalue weighted by Crippen LogP contribution is 2.30. The van der Waals surface area contributed by atoms with Crippen LogP contribution in [-0.4, -0.2) is 63.8 Å². The van der Waals surface area contributed by atoms with Crippen molar-refractivity contribution in [2.45, 2.75) is 38.6 Å². The summed E-state index contributed by atoms with van der Waals surface area (Å²) in [6, 6.07) is 0.591. The number of likely N-dealkylation sites (N-methyl/N-ethyl adjacent to an activating group) is 1. The van der Waals surface area contributed by atoms with Gasteiger partial charge in [-0.1, -0.05) is 11.6 Å². The van der Waals surface area contributed by atoms with Gasteiger partial charge >= 0.3 is 6.03 Å². The van der Waals surface area contributed by atoms with Crippen molar-refractivity contribution < 1.29 is 28.0 Å². The molecule has 2 aliphatic rings. The first kappa shape index (κ1) is 22.9. The van der Waals surface area contributed by atoms with Crippen molar-refractivity contribution in [3.63, 3.8) is 0 Å². The van der Waals surface area contributed by atoms with E-state index in [2.05, 4.69) is 15.7 Å². The Hall–Kier alpha value is -3.25. The van der Waals surface area contributed by atoms with Gasteiger partial charge in [-0.3, -0.25) is 19.1 Å². The third kappa shape index (κ3) is 4.11. The molecule has 0 radical (unpaired) electrons. The van der Waals surface area contributed by atoms with Crippen LogP contribution in [0.15, 0.2) is 12.1 Å². The van der Waals surface area contributed by atoms with E-state index >= 15 is 0 Å². The second-order valence-electron chi connectivity index (χ2n) is 7.82. The Morgan fingerprint density at radius 3 is 2.70 bits per heavy atom. The number of fused-ring (bicyclic) bond motifs is 3. The number of anilines is 1. The number of urea groups is 1. The van der Waals surface area contributed by atoms with Crippen molar-refractivity contribution in [2.24, 2.45) is 0 Å². The molecule has 2 aromatic rings. The molecule has 10 nitrogen and oxygen atoms in total. The van der Waals surface area contributed by atoms with Crippen molar-refractivity contribution in [1.82, 2.24) is 25.1 Å². The molecule has 176 valence electrons. The van der Waals surface area contributed by atoms with Gasteiger partial charge in [-0.25, -0.2) is 18.6 Å². The summed E-state index contributed by atoms with van der Waals surface area (Å²) in [5.41, 5.74) is 1.08. The van der Waals surface area contributed by atoms with E-state index in [-0.39, 0.29) is 35.5 Å². The van der Waals surface area contributed by atoms with Crippen LogP contribution in [0.3, 0.4) is 0 Å². The molecule has 0 fully saturated rings. The van der Waals surface area contributed by atoms with Crippen molar-refractivity contribution in [3.8, 4) is 0 Å². The Balaban J connectivity index is 1.63. The van der Waals surface area contributed by atoms with Gasteiger partial charge < -0.3 is 15.5 Å². The van der Waals surface area contributed by atoms with Crippen LogP contribution in [0.1, 0.15) is 28.7 Å². The summed E-state index contributed by atoms with van der Waals surface area (Å²) in [7, 11) is 2.85. The minimum Gasteiger partial charge on any atom is -0.357 e. The third-order valence-electron chi connectivity index (χ3n) is 5.65. The maximum absolute atomic E-state index is 14.1. The summed E-state index contributed by atoms with van der Waals surface area (Å²) in [6.45, 7) is 1.81. The lowest BCUT2D eigenvalue weighted by Crippen LogP contribution is -2.45. The molecule has 2 atom stereocenters. The molecule has 2 N–H and O–H groups in total. The highest BCUT2D eigenvalue weighted by Gasteiger charge is 2.39. The van der Waals surface area contributed by atoms with Crippen LogP contribution in [-0.2, 0) is 29.1 Å². The number of amides is 4. The number of hydroxylamine groups is 2. The first-order valence-corrected chi connectivity index (χ1v) is 10.5. The predicted octanol–water partition coefficient (Wildman–Crippen LogP) is 1.93. The molecule has 0 spiro atoms. The van der Waals surface area contributed by atoms with Gasteiger partial charge in [-0.05, 0) is 13.0 Å². The van der Waals surface area contributed by atoms with Crippen LogP contribution < -0.4 is 10.6 Å². The predicted molar refractivity (Wildman–Crippen MR) is 112 cm³/mol. The molecule has 4 amide bonds. The van der Waals surface area contributed by atoms with Gasteiger partial charge in [0.2, 0.25) is 0 Å². The number of rotatable bonds is 2. The SMILES string of the molecule is CNC(=O)[C@@H]1Cn2nc3c(c2C(=O)N(C)O1)CN(C(=O)Nc1cc(Cl)c(F)cc1F)[C@H](C)C3. The fraction of sp³-hybridized carbons (Fsp3) is 0.400. The Bertz CT molecular complexity index is 1160. The van der Waals surface area contributed by atoms with E-state index in [1.54, 1.807) is 6.92 Å². The molecule has 0 unspecified atom stereocenters. The summed E-state index contributed by atoms with van der Waals surface area (Å²) in [5, 5.41) is 10.0. The van der Waals surface area contributed by atoms with Crippen molar-refractivity contribution in [3.05, 3.63) is 45.7 Å². The van der Waals surface area contributed by atoms with Crippen LogP contribution in [0.5, 0.6) is 0 Å². The lowest BCUT2D eigenvalue weighted by atomic mass is 9.99. The van der Waals surface area contributed by atoms with E-state index in [0.717, 1.165) is 11.1 Å². The zero-order valence-electron chi connectivity index (χ0n) is 18.0. The fourth-order valence-electron chi connectivity index (χ4n) is 3.91. The van der Waals surface area contributed by atoms with E-state index in [1.807, 2.05) is 0 Å². The molecule has 0 bridgehead atoms. The topological polar surface area (TPSA) is 109 Å². The Morgan fingerprint density at radius 2 is 2.00 bits per heavy atom. The van der Waals surface area contributed by atoms with E-state index in [9.17, 15) is 23.2 Å². The Labute approximate surface area is 192 Å². The largest absolute Gasteiger partial charge is 0.357 e. The smallest absolute Gasteiger partial charge is 0.322 e. The lowest BCUT2D eigenvalue weighted by Gasteiger charge is -2.33. The molecule has 3 heterocycles. The quantitative estimate of drug-likeness (QED) is 0.636. The number of aromatic nitrogens is 2. The lowest BCUT2D eigenvalue weighted by molar-refractivity contribution is -0.168. The van der Waals surface area contributed by atoms with Gasteiger partial charge in [0, 0.05) is 38.2 Å². The van der Waals surface area contributed by atoms with Crippen LogP contribution in [0.2, 0.25) is 5.02 Å². The molecule has 1 aromatic carbocycles. The van der Waals surface area contributed by atoms with Gasteiger partial charge in [0.1, 0.15) is 17.3 Å². The Kier molecular flexibility index (Phi) is 5.97. The molecule has 0 aliphatic carbocycles. The van der Waals surface area contributed by atoms with E-state index in [1.165, 1.54) is 23.7 Å². The number of carbonyl (C=O) groups excluding carboxylic acids is 3. The van der Waals surface area contributed by atoms with Crippen molar-refractivity contribution in [1.29, 1.82) is 0 Å². The van der Waals surface area contributed by atoms with Crippen molar-refractivity contribution >= 4 is 35.1 Å². The number of nitrogens with zero attached hydrogens (tertiary/aromatic N) is 4. The average molecular weight is 483 g/mol. The normalized spacial score (nSPS) is 20.1. The highest BCUT2D eigenvalue weighted by atomic mass is 35.5. The minimum absolute atomic E-state index is 0.0119. The maximum Gasteiger partial charge on any atom is 0.322 e. The summed E-state index contributed by atoms with van der Waals surface area (Å²) >= 11 is 5.71. The molecule has 33 heavy (non-hydrogen) atoms. The zero-order valence-corrected chi connectivity index (χ0v) is 18.7. The number of hydrogen-bond donors (Lipinski definition) is 2. The molecule has 2 aliphatic heterocycles. The monoisotopic (exact) mass is 482 g/mol. The Morgan fingerprint density at radius 1 is 1.27 bits per heavy atom. The molecule has 1 aromatic heterocycles. The first-order chi connectivity index (χ1) is 15.6.